The standard InChI is InChI=1S/C22H27Br2N/c1-16-9-12-25(13-10-16)14-11-17(2)18-3-5-19(6-4-18)21-8-7-20(23)15-22(21)24/h3-8,15-17H,9-14H2,1-2H3. The fraction of sp³-hybridized carbons (Fsp3) is 0.455. The first-order valence-corrected chi connectivity index (χ1v) is 10.9. The van der Waals surface area contributed by atoms with E-state index >= 15 is 0 Å². The van der Waals surface area contributed by atoms with Gasteiger partial charge in [-0.1, -0.05) is 76.0 Å². The Morgan fingerprint density at radius 2 is 1.72 bits per heavy atom. The van der Waals surface area contributed by atoms with Crippen molar-refractivity contribution in [3.05, 3.63) is 57.0 Å². The quantitative estimate of drug-likeness (QED) is 0.455. The number of piperidine rings is 1. The van der Waals surface area contributed by atoms with Crippen molar-refractivity contribution in [1.29, 1.82) is 0 Å². The molecule has 1 atom stereocenters. The summed E-state index contributed by atoms with van der Waals surface area (Å²) >= 11 is 7.19. The second-order valence-electron chi connectivity index (χ2n) is 7.46. The van der Waals surface area contributed by atoms with Crippen LogP contribution >= 0.6 is 31.9 Å². The molecule has 0 radical (unpaired) electrons. The SMILES string of the molecule is CC1CCN(CCC(C)c2ccc(-c3ccc(Br)cc3Br)cc2)CC1. The molecule has 0 aromatic heterocycles. The normalized spacial score (nSPS) is 17.6. The Morgan fingerprint density at radius 1 is 1.04 bits per heavy atom. The Balaban J connectivity index is 1.59. The van der Waals surface area contributed by atoms with E-state index in [0.717, 1.165) is 14.9 Å². The van der Waals surface area contributed by atoms with Gasteiger partial charge in [0.25, 0.3) is 0 Å². The Morgan fingerprint density at radius 3 is 2.36 bits per heavy atom. The van der Waals surface area contributed by atoms with Gasteiger partial charge in [0, 0.05) is 8.95 Å². The third kappa shape index (κ3) is 5.18. The van der Waals surface area contributed by atoms with Gasteiger partial charge in [0.2, 0.25) is 0 Å². The van der Waals surface area contributed by atoms with Crippen molar-refractivity contribution in [1.82, 2.24) is 4.90 Å². The molecule has 1 aliphatic heterocycles. The van der Waals surface area contributed by atoms with Gasteiger partial charge in [-0.3, -0.25) is 0 Å². The highest BCUT2D eigenvalue weighted by Gasteiger charge is 2.16. The average Bonchev–Trinajstić information content (AvgIpc) is 2.61. The van der Waals surface area contributed by atoms with Crippen molar-refractivity contribution in [3.63, 3.8) is 0 Å². The molecule has 2 aromatic rings. The maximum absolute atomic E-state index is 3.67. The second kappa shape index (κ2) is 8.83. The summed E-state index contributed by atoms with van der Waals surface area (Å²) in [7, 11) is 0. The lowest BCUT2D eigenvalue weighted by molar-refractivity contribution is 0.187. The van der Waals surface area contributed by atoms with Crippen LogP contribution in [-0.4, -0.2) is 24.5 Å². The van der Waals surface area contributed by atoms with Crippen molar-refractivity contribution in [3.8, 4) is 11.1 Å². The minimum atomic E-state index is 0.613. The fourth-order valence-corrected chi connectivity index (χ4v) is 4.82. The number of likely N-dealkylation sites (tertiary alicyclic amines) is 1. The lowest BCUT2D eigenvalue weighted by Gasteiger charge is -2.31. The van der Waals surface area contributed by atoms with Crippen LogP contribution in [0.3, 0.4) is 0 Å². The van der Waals surface area contributed by atoms with Crippen molar-refractivity contribution in [2.45, 2.75) is 39.0 Å². The van der Waals surface area contributed by atoms with Crippen molar-refractivity contribution < 1.29 is 0 Å². The van der Waals surface area contributed by atoms with Gasteiger partial charge in [-0.2, -0.15) is 0 Å². The first-order valence-electron chi connectivity index (χ1n) is 9.30. The van der Waals surface area contributed by atoms with E-state index in [1.807, 2.05) is 0 Å². The van der Waals surface area contributed by atoms with Gasteiger partial charge in [0.05, 0.1) is 0 Å². The lowest BCUT2D eigenvalue weighted by atomic mass is 9.94. The molecule has 2 aromatic carbocycles. The summed E-state index contributed by atoms with van der Waals surface area (Å²) in [6.07, 6.45) is 3.98. The zero-order valence-electron chi connectivity index (χ0n) is 15.1. The summed E-state index contributed by atoms with van der Waals surface area (Å²) in [6, 6.07) is 15.5. The molecule has 3 heteroatoms. The maximum atomic E-state index is 3.67. The van der Waals surface area contributed by atoms with Crippen LogP contribution in [0.2, 0.25) is 0 Å². The van der Waals surface area contributed by atoms with Crippen LogP contribution in [0.1, 0.15) is 44.6 Å². The minimum absolute atomic E-state index is 0.613. The summed E-state index contributed by atoms with van der Waals surface area (Å²) < 4.78 is 2.22. The minimum Gasteiger partial charge on any atom is -0.303 e. The molecule has 1 nitrogen and oxygen atoms in total. The van der Waals surface area contributed by atoms with Gasteiger partial charge in [-0.15, -0.1) is 0 Å². The Hall–Kier alpha value is -0.640. The van der Waals surface area contributed by atoms with Crippen molar-refractivity contribution in [2.24, 2.45) is 5.92 Å². The van der Waals surface area contributed by atoms with E-state index in [2.05, 4.69) is 93.1 Å². The van der Waals surface area contributed by atoms with Crippen LogP contribution in [0.25, 0.3) is 11.1 Å². The number of hydrogen-bond acceptors (Lipinski definition) is 1. The van der Waals surface area contributed by atoms with E-state index in [4.69, 9.17) is 0 Å². The zero-order chi connectivity index (χ0) is 17.8. The third-order valence-electron chi connectivity index (χ3n) is 5.48. The molecule has 1 unspecified atom stereocenters. The van der Waals surface area contributed by atoms with E-state index in [1.165, 1.54) is 55.6 Å². The Bertz CT molecular complexity index is 688. The second-order valence-corrected chi connectivity index (χ2v) is 9.23. The highest BCUT2D eigenvalue weighted by atomic mass is 79.9. The Kier molecular flexibility index (Phi) is 6.76. The molecular formula is C22H27Br2N. The molecule has 0 spiro atoms. The smallest absolute Gasteiger partial charge is 0.0264 e. The first-order chi connectivity index (χ1) is 12.0. The van der Waals surface area contributed by atoms with Gasteiger partial charge in [-0.05, 0) is 79.6 Å². The number of halogens is 2. The van der Waals surface area contributed by atoms with E-state index < -0.39 is 0 Å². The topological polar surface area (TPSA) is 3.24 Å². The van der Waals surface area contributed by atoms with Gasteiger partial charge in [-0.25, -0.2) is 0 Å². The molecule has 0 N–H and O–H groups in total. The third-order valence-corrected chi connectivity index (χ3v) is 6.63. The molecule has 1 saturated heterocycles. The number of benzene rings is 2. The van der Waals surface area contributed by atoms with Gasteiger partial charge in [0.15, 0.2) is 0 Å². The maximum Gasteiger partial charge on any atom is 0.0264 e. The van der Waals surface area contributed by atoms with Crippen LogP contribution in [0.4, 0.5) is 0 Å². The van der Waals surface area contributed by atoms with E-state index in [1.54, 1.807) is 0 Å². The molecule has 134 valence electrons. The molecule has 1 aliphatic rings. The van der Waals surface area contributed by atoms with Gasteiger partial charge in [0.1, 0.15) is 0 Å². The molecule has 1 heterocycles. The summed E-state index contributed by atoms with van der Waals surface area (Å²) in [6.45, 7) is 8.53. The van der Waals surface area contributed by atoms with Crippen LogP contribution in [0.5, 0.6) is 0 Å². The van der Waals surface area contributed by atoms with E-state index in [9.17, 15) is 0 Å². The molecule has 1 fully saturated rings. The number of rotatable bonds is 5. The Labute approximate surface area is 169 Å². The molecule has 3 rings (SSSR count). The largest absolute Gasteiger partial charge is 0.303 e. The predicted molar refractivity (Wildman–Crippen MR) is 115 cm³/mol. The molecule has 0 amide bonds. The summed E-state index contributed by atoms with van der Waals surface area (Å²) in [5.41, 5.74) is 3.95. The summed E-state index contributed by atoms with van der Waals surface area (Å²) in [5.74, 6) is 1.53. The van der Waals surface area contributed by atoms with Gasteiger partial charge < -0.3 is 4.90 Å². The van der Waals surface area contributed by atoms with Crippen LogP contribution < -0.4 is 0 Å². The number of nitrogens with zero attached hydrogens (tertiary/aromatic N) is 1. The monoisotopic (exact) mass is 463 g/mol. The van der Waals surface area contributed by atoms with E-state index in [-0.39, 0.29) is 0 Å². The average molecular weight is 465 g/mol. The predicted octanol–water partition coefficient (Wildman–Crippen LogP) is 7.10. The molecule has 25 heavy (non-hydrogen) atoms. The number of hydrogen-bond donors (Lipinski definition) is 0. The van der Waals surface area contributed by atoms with Crippen LogP contribution in [-0.2, 0) is 0 Å². The van der Waals surface area contributed by atoms with Crippen molar-refractivity contribution >= 4 is 31.9 Å². The summed E-state index contributed by atoms with van der Waals surface area (Å²) in [4.78, 5) is 2.64. The highest BCUT2D eigenvalue weighted by Crippen LogP contribution is 2.32. The first kappa shape index (κ1) is 19.1. The van der Waals surface area contributed by atoms with Crippen molar-refractivity contribution in [2.75, 3.05) is 19.6 Å². The molecule has 0 aliphatic carbocycles. The molecule has 0 saturated carbocycles. The van der Waals surface area contributed by atoms with E-state index in [0.29, 0.717) is 5.92 Å². The molecular weight excluding hydrogens is 438 g/mol. The fourth-order valence-electron chi connectivity index (χ4n) is 3.54. The van der Waals surface area contributed by atoms with Gasteiger partial charge >= 0.3 is 0 Å². The zero-order valence-corrected chi connectivity index (χ0v) is 18.3. The highest BCUT2D eigenvalue weighted by molar-refractivity contribution is 9.11. The van der Waals surface area contributed by atoms with Crippen LogP contribution in [0.15, 0.2) is 51.4 Å². The summed E-state index contributed by atoms with van der Waals surface area (Å²) in [5, 5.41) is 0. The van der Waals surface area contributed by atoms with Crippen LogP contribution in [0, 0.1) is 5.92 Å². The lowest BCUT2D eigenvalue weighted by Crippen LogP contribution is -2.34. The molecule has 0 bridgehead atoms.